The molecule has 1 rings (SSSR count). The minimum Gasteiger partial charge on any atom is -0.343 e. The lowest BCUT2D eigenvalue weighted by molar-refractivity contribution is -0.130. The van der Waals surface area contributed by atoms with Crippen LogP contribution >= 0.6 is 27.5 Å². The van der Waals surface area contributed by atoms with Crippen molar-refractivity contribution in [1.29, 1.82) is 0 Å². The Balaban J connectivity index is 2.54. The Labute approximate surface area is 116 Å². The first kappa shape index (κ1) is 14.5. The van der Waals surface area contributed by atoms with Crippen LogP contribution in [-0.2, 0) is 11.2 Å². The third-order valence-electron chi connectivity index (χ3n) is 2.56. The van der Waals surface area contributed by atoms with Gasteiger partial charge < -0.3 is 4.90 Å². The molecular formula is C13H17BrClNO. The highest BCUT2D eigenvalue weighted by molar-refractivity contribution is 9.09. The van der Waals surface area contributed by atoms with Gasteiger partial charge >= 0.3 is 0 Å². The zero-order valence-corrected chi connectivity index (χ0v) is 12.3. The maximum atomic E-state index is 12.0. The predicted octanol–water partition coefficient (Wildman–Crippen LogP) is 3.52. The van der Waals surface area contributed by atoms with Crippen molar-refractivity contribution in [2.24, 2.45) is 0 Å². The van der Waals surface area contributed by atoms with E-state index < -0.39 is 0 Å². The van der Waals surface area contributed by atoms with E-state index in [-0.39, 0.29) is 5.91 Å². The maximum absolute atomic E-state index is 12.0. The molecule has 0 unspecified atom stereocenters. The molecule has 0 aliphatic carbocycles. The number of carbonyl (C=O) groups excluding carboxylic acids is 1. The van der Waals surface area contributed by atoms with Crippen molar-refractivity contribution in [2.75, 3.05) is 18.4 Å². The van der Waals surface area contributed by atoms with E-state index >= 15 is 0 Å². The van der Waals surface area contributed by atoms with Gasteiger partial charge in [-0.15, -0.1) is 0 Å². The summed E-state index contributed by atoms with van der Waals surface area (Å²) in [4.78, 5) is 13.9. The van der Waals surface area contributed by atoms with Gasteiger partial charge in [0.25, 0.3) is 0 Å². The molecule has 0 radical (unpaired) electrons. The second-order valence-corrected chi connectivity index (χ2v) is 5.05. The molecule has 4 heteroatoms. The van der Waals surface area contributed by atoms with E-state index in [0.29, 0.717) is 11.4 Å². The Morgan fingerprint density at radius 3 is 2.53 bits per heavy atom. The van der Waals surface area contributed by atoms with E-state index in [2.05, 4.69) is 15.9 Å². The van der Waals surface area contributed by atoms with Crippen LogP contribution in [0, 0.1) is 0 Å². The summed E-state index contributed by atoms with van der Waals surface area (Å²) >= 11 is 9.18. The van der Waals surface area contributed by atoms with Crippen molar-refractivity contribution >= 4 is 33.4 Å². The SMILES string of the molecule is CCN(CCCBr)C(=O)Cc1ccc(Cl)cc1. The van der Waals surface area contributed by atoms with Gasteiger partial charge in [-0.05, 0) is 31.0 Å². The predicted molar refractivity (Wildman–Crippen MR) is 75.8 cm³/mol. The van der Waals surface area contributed by atoms with Crippen molar-refractivity contribution in [3.63, 3.8) is 0 Å². The molecule has 1 aromatic rings. The van der Waals surface area contributed by atoms with Gasteiger partial charge in [-0.1, -0.05) is 39.7 Å². The zero-order valence-electron chi connectivity index (χ0n) is 9.96. The summed E-state index contributed by atoms with van der Waals surface area (Å²) in [5, 5.41) is 1.63. The highest BCUT2D eigenvalue weighted by Crippen LogP contribution is 2.11. The molecule has 0 spiro atoms. The summed E-state index contributed by atoms with van der Waals surface area (Å²) in [6.45, 7) is 3.58. The van der Waals surface area contributed by atoms with E-state index in [1.54, 1.807) is 0 Å². The summed E-state index contributed by atoms with van der Waals surface area (Å²) in [7, 11) is 0. The quantitative estimate of drug-likeness (QED) is 0.735. The summed E-state index contributed by atoms with van der Waals surface area (Å²) in [6, 6.07) is 7.44. The van der Waals surface area contributed by atoms with Gasteiger partial charge in [-0.2, -0.15) is 0 Å². The molecule has 0 atom stereocenters. The number of hydrogen-bond donors (Lipinski definition) is 0. The topological polar surface area (TPSA) is 20.3 Å². The van der Waals surface area contributed by atoms with Gasteiger partial charge in [-0.3, -0.25) is 4.79 Å². The summed E-state index contributed by atoms with van der Waals surface area (Å²) in [6.07, 6.45) is 1.44. The third kappa shape index (κ3) is 5.09. The van der Waals surface area contributed by atoms with Crippen LogP contribution in [0.25, 0.3) is 0 Å². The van der Waals surface area contributed by atoms with Crippen molar-refractivity contribution in [3.05, 3.63) is 34.9 Å². The molecule has 0 heterocycles. The van der Waals surface area contributed by atoms with Gasteiger partial charge in [0.15, 0.2) is 0 Å². The standard InChI is InChI=1S/C13H17BrClNO/c1-2-16(9-3-8-14)13(17)10-11-4-6-12(15)7-5-11/h4-7H,2-3,8-10H2,1H3. The number of carbonyl (C=O) groups is 1. The molecule has 0 aliphatic rings. The average molecular weight is 319 g/mol. The van der Waals surface area contributed by atoms with Crippen LogP contribution in [-0.4, -0.2) is 29.2 Å². The molecule has 0 aromatic heterocycles. The van der Waals surface area contributed by atoms with E-state index in [1.807, 2.05) is 36.1 Å². The highest BCUT2D eigenvalue weighted by atomic mass is 79.9. The van der Waals surface area contributed by atoms with Crippen LogP contribution in [0.3, 0.4) is 0 Å². The molecule has 0 saturated carbocycles. The number of nitrogens with zero attached hydrogens (tertiary/aromatic N) is 1. The fourth-order valence-electron chi connectivity index (χ4n) is 1.60. The second kappa shape index (κ2) is 7.72. The van der Waals surface area contributed by atoms with Crippen molar-refractivity contribution in [2.45, 2.75) is 19.8 Å². The van der Waals surface area contributed by atoms with Crippen molar-refractivity contribution in [1.82, 2.24) is 4.90 Å². The van der Waals surface area contributed by atoms with Gasteiger partial charge in [0.05, 0.1) is 6.42 Å². The average Bonchev–Trinajstić information content (AvgIpc) is 2.33. The monoisotopic (exact) mass is 317 g/mol. The van der Waals surface area contributed by atoms with Gasteiger partial charge in [0.1, 0.15) is 0 Å². The lowest BCUT2D eigenvalue weighted by atomic mass is 10.1. The minimum atomic E-state index is 0.177. The second-order valence-electron chi connectivity index (χ2n) is 3.82. The van der Waals surface area contributed by atoms with Gasteiger partial charge in [0.2, 0.25) is 5.91 Å². The number of benzene rings is 1. The molecule has 17 heavy (non-hydrogen) atoms. The number of rotatable bonds is 6. The number of halogens is 2. The fourth-order valence-corrected chi connectivity index (χ4v) is 1.98. The lowest BCUT2D eigenvalue weighted by Crippen LogP contribution is -2.33. The van der Waals surface area contributed by atoms with Crippen LogP contribution in [0.15, 0.2) is 24.3 Å². The Hall–Kier alpha value is -0.540. The summed E-state index contributed by atoms with van der Waals surface area (Å²) in [5.74, 6) is 0.177. The number of hydrogen-bond acceptors (Lipinski definition) is 1. The van der Waals surface area contributed by atoms with E-state index in [0.717, 1.165) is 30.4 Å². The molecular weight excluding hydrogens is 302 g/mol. The van der Waals surface area contributed by atoms with E-state index in [9.17, 15) is 4.79 Å². The van der Waals surface area contributed by atoms with Crippen LogP contribution in [0.1, 0.15) is 18.9 Å². The number of amides is 1. The van der Waals surface area contributed by atoms with Gasteiger partial charge in [-0.25, -0.2) is 0 Å². The lowest BCUT2D eigenvalue weighted by Gasteiger charge is -2.20. The molecule has 0 N–H and O–H groups in total. The molecule has 1 amide bonds. The molecule has 2 nitrogen and oxygen atoms in total. The largest absolute Gasteiger partial charge is 0.343 e. The van der Waals surface area contributed by atoms with Gasteiger partial charge in [0, 0.05) is 23.4 Å². The summed E-state index contributed by atoms with van der Waals surface area (Å²) in [5.41, 5.74) is 1.01. The normalized spacial score (nSPS) is 10.3. The molecule has 0 bridgehead atoms. The first-order chi connectivity index (χ1) is 8.17. The van der Waals surface area contributed by atoms with Crippen molar-refractivity contribution in [3.8, 4) is 0 Å². The third-order valence-corrected chi connectivity index (χ3v) is 3.38. The molecule has 94 valence electrons. The van der Waals surface area contributed by atoms with Crippen LogP contribution in [0.5, 0.6) is 0 Å². The minimum absolute atomic E-state index is 0.177. The maximum Gasteiger partial charge on any atom is 0.226 e. The fraction of sp³-hybridized carbons (Fsp3) is 0.462. The first-order valence-electron chi connectivity index (χ1n) is 5.75. The number of alkyl halides is 1. The Bertz CT molecular complexity index is 353. The van der Waals surface area contributed by atoms with Crippen LogP contribution in [0.4, 0.5) is 0 Å². The molecule has 0 fully saturated rings. The molecule has 0 saturated heterocycles. The first-order valence-corrected chi connectivity index (χ1v) is 7.25. The Kier molecular flexibility index (Phi) is 6.60. The highest BCUT2D eigenvalue weighted by Gasteiger charge is 2.11. The Morgan fingerprint density at radius 1 is 1.35 bits per heavy atom. The molecule has 0 aliphatic heterocycles. The zero-order chi connectivity index (χ0) is 12.7. The van der Waals surface area contributed by atoms with Crippen LogP contribution < -0.4 is 0 Å². The van der Waals surface area contributed by atoms with Crippen LogP contribution in [0.2, 0.25) is 5.02 Å². The summed E-state index contributed by atoms with van der Waals surface area (Å²) < 4.78 is 0. The smallest absolute Gasteiger partial charge is 0.226 e. The number of likely N-dealkylation sites (N-methyl/N-ethyl adjacent to an activating group) is 1. The van der Waals surface area contributed by atoms with E-state index in [4.69, 9.17) is 11.6 Å². The van der Waals surface area contributed by atoms with Crippen molar-refractivity contribution < 1.29 is 4.79 Å². The molecule has 1 aromatic carbocycles. The van der Waals surface area contributed by atoms with E-state index in [1.165, 1.54) is 0 Å². The Morgan fingerprint density at radius 2 is 2.00 bits per heavy atom.